The Labute approximate surface area is 151 Å². The number of nitrogens with zero attached hydrogens (tertiary/aromatic N) is 1. The maximum Gasteiger partial charge on any atom is 0.287 e. The Bertz CT molecular complexity index is 1050. The van der Waals surface area contributed by atoms with Crippen LogP contribution in [0.5, 0.6) is 0 Å². The van der Waals surface area contributed by atoms with E-state index < -0.39 is 5.91 Å². The highest BCUT2D eigenvalue weighted by atomic mass is 16.3. The van der Waals surface area contributed by atoms with Gasteiger partial charge in [-0.3, -0.25) is 9.59 Å². The number of carbonyl (C=O) groups is 1. The van der Waals surface area contributed by atoms with Crippen LogP contribution < -0.4 is 15.6 Å². The summed E-state index contributed by atoms with van der Waals surface area (Å²) < 4.78 is 5.49. The maximum absolute atomic E-state index is 12.2. The molecule has 0 spiro atoms. The van der Waals surface area contributed by atoms with E-state index in [1.165, 1.54) is 6.07 Å². The van der Waals surface area contributed by atoms with Gasteiger partial charge in [0.1, 0.15) is 5.58 Å². The first-order valence-corrected chi connectivity index (χ1v) is 8.12. The molecular weight excluding hydrogens is 328 g/mol. The molecule has 0 aliphatic rings. The largest absolute Gasteiger partial charge is 0.451 e. The molecule has 2 aromatic carbocycles. The molecule has 0 aliphatic carbocycles. The number of anilines is 1. The van der Waals surface area contributed by atoms with Gasteiger partial charge in [-0.15, -0.1) is 0 Å². The van der Waals surface area contributed by atoms with Crippen LogP contribution in [0.3, 0.4) is 0 Å². The molecule has 1 heterocycles. The lowest BCUT2D eigenvalue weighted by Gasteiger charge is -2.11. The second-order valence-electron chi connectivity index (χ2n) is 5.90. The molecular formula is C21H18N2O3. The summed E-state index contributed by atoms with van der Waals surface area (Å²) in [6.07, 6.45) is 0. The number of hydrogen-bond acceptors (Lipinski definition) is 4. The molecule has 0 radical (unpaired) electrons. The Morgan fingerprint density at radius 3 is 2.58 bits per heavy atom. The van der Waals surface area contributed by atoms with Crippen LogP contribution in [-0.2, 0) is 0 Å². The van der Waals surface area contributed by atoms with Gasteiger partial charge in [0.2, 0.25) is 0 Å². The number of carbonyl (C=O) groups excluding carboxylic acids is 1. The predicted molar refractivity (Wildman–Crippen MR) is 102 cm³/mol. The summed E-state index contributed by atoms with van der Waals surface area (Å²) in [5.74, 6) is 5.38. The highest BCUT2D eigenvalue weighted by molar-refractivity contribution is 5.93. The van der Waals surface area contributed by atoms with E-state index in [1.54, 1.807) is 24.3 Å². The van der Waals surface area contributed by atoms with Crippen molar-refractivity contribution in [1.82, 2.24) is 5.32 Å². The molecule has 3 rings (SSSR count). The molecule has 130 valence electrons. The molecule has 5 heteroatoms. The third-order valence-electron chi connectivity index (χ3n) is 3.81. The average Bonchev–Trinajstić information content (AvgIpc) is 2.65. The van der Waals surface area contributed by atoms with Crippen LogP contribution in [0.25, 0.3) is 11.0 Å². The van der Waals surface area contributed by atoms with Crippen LogP contribution >= 0.6 is 0 Å². The first-order chi connectivity index (χ1) is 12.5. The number of amides is 1. The van der Waals surface area contributed by atoms with Crippen molar-refractivity contribution >= 4 is 22.6 Å². The zero-order valence-corrected chi connectivity index (χ0v) is 14.6. The van der Waals surface area contributed by atoms with Gasteiger partial charge in [0, 0.05) is 31.4 Å². The van der Waals surface area contributed by atoms with Crippen LogP contribution in [-0.4, -0.2) is 26.5 Å². The molecule has 0 bridgehead atoms. The van der Waals surface area contributed by atoms with Gasteiger partial charge < -0.3 is 14.6 Å². The van der Waals surface area contributed by atoms with E-state index in [0.717, 1.165) is 11.3 Å². The van der Waals surface area contributed by atoms with Gasteiger partial charge in [-0.1, -0.05) is 24.0 Å². The maximum atomic E-state index is 12.2. The van der Waals surface area contributed by atoms with Crippen molar-refractivity contribution < 1.29 is 9.21 Å². The zero-order chi connectivity index (χ0) is 18.5. The Kier molecular flexibility index (Phi) is 5.04. The number of fused-ring (bicyclic) bond motifs is 1. The molecule has 0 aliphatic heterocycles. The smallest absolute Gasteiger partial charge is 0.287 e. The van der Waals surface area contributed by atoms with Crippen LogP contribution in [0.4, 0.5) is 5.69 Å². The lowest BCUT2D eigenvalue weighted by Crippen LogP contribution is -2.24. The Balaban J connectivity index is 1.65. The first kappa shape index (κ1) is 17.3. The SMILES string of the molecule is CN(C)c1ccc(C#CCNC(=O)c2cc(=O)c3ccccc3o2)cc1. The van der Waals surface area contributed by atoms with Crippen molar-refractivity contribution in [1.29, 1.82) is 0 Å². The molecule has 0 fully saturated rings. The van der Waals surface area contributed by atoms with E-state index in [4.69, 9.17) is 4.42 Å². The zero-order valence-electron chi connectivity index (χ0n) is 14.6. The summed E-state index contributed by atoms with van der Waals surface area (Å²) in [5.41, 5.74) is 2.10. The number of nitrogens with one attached hydrogen (secondary N) is 1. The van der Waals surface area contributed by atoms with Crippen molar-refractivity contribution in [2.45, 2.75) is 0 Å². The third kappa shape index (κ3) is 3.93. The van der Waals surface area contributed by atoms with Gasteiger partial charge in [-0.05, 0) is 36.4 Å². The summed E-state index contributed by atoms with van der Waals surface area (Å²) in [5, 5.41) is 3.09. The van der Waals surface area contributed by atoms with Crippen molar-refractivity contribution in [2.75, 3.05) is 25.5 Å². The van der Waals surface area contributed by atoms with Gasteiger partial charge in [-0.2, -0.15) is 0 Å². The van der Waals surface area contributed by atoms with Gasteiger partial charge in [0.05, 0.1) is 11.9 Å². The van der Waals surface area contributed by atoms with E-state index in [2.05, 4.69) is 17.2 Å². The Hall–Kier alpha value is -3.52. The molecule has 1 N–H and O–H groups in total. The van der Waals surface area contributed by atoms with Crippen LogP contribution in [0, 0.1) is 11.8 Å². The van der Waals surface area contributed by atoms with Crippen LogP contribution in [0.2, 0.25) is 0 Å². The third-order valence-corrected chi connectivity index (χ3v) is 3.81. The number of para-hydroxylation sites is 1. The second kappa shape index (κ2) is 7.58. The van der Waals surface area contributed by atoms with E-state index in [-0.39, 0.29) is 17.7 Å². The highest BCUT2D eigenvalue weighted by Gasteiger charge is 2.11. The molecule has 26 heavy (non-hydrogen) atoms. The molecule has 1 aromatic heterocycles. The molecule has 0 unspecified atom stereocenters. The fourth-order valence-corrected chi connectivity index (χ4v) is 2.42. The van der Waals surface area contributed by atoms with E-state index in [0.29, 0.717) is 11.0 Å². The Morgan fingerprint density at radius 1 is 1.12 bits per heavy atom. The fourth-order valence-electron chi connectivity index (χ4n) is 2.42. The monoisotopic (exact) mass is 346 g/mol. The average molecular weight is 346 g/mol. The highest BCUT2D eigenvalue weighted by Crippen LogP contribution is 2.12. The number of benzene rings is 2. The van der Waals surface area contributed by atoms with E-state index in [1.807, 2.05) is 43.3 Å². The molecule has 0 saturated carbocycles. The standard InChI is InChI=1S/C21H18N2O3/c1-23(2)16-11-9-15(10-12-16)6-5-13-22-21(25)20-14-18(24)17-7-3-4-8-19(17)26-20/h3-4,7-12,14H,13H2,1-2H3,(H,22,25). The minimum atomic E-state index is -0.467. The van der Waals surface area contributed by atoms with Crippen molar-refractivity contribution in [3.63, 3.8) is 0 Å². The van der Waals surface area contributed by atoms with E-state index >= 15 is 0 Å². The summed E-state index contributed by atoms with van der Waals surface area (Å²) >= 11 is 0. The summed E-state index contributed by atoms with van der Waals surface area (Å²) in [4.78, 5) is 26.2. The fraction of sp³-hybridized carbons (Fsp3) is 0.143. The Morgan fingerprint density at radius 2 is 1.85 bits per heavy atom. The van der Waals surface area contributed by atoms with Gasteiger partial charge in [0.25, 0.3) is 5.91 Å². The minimum absolute atomic E-state index is 0.0224. The van der Waals surface area contributed by atoms with Crippen molar-refractivity contribution in [2.24, 2.45) is 0 Å². The quantitative estimate of drug-likeness (QED) is 0.741. The number of rotatable bonds is 3. The second-order valence-corrected chi connectivity index (χ2v) is 5.90. The molecule has 1 amide bonds. The van der Waals surface area contributed by atoms with Crippen molar-refractivity contribution in [3.05, 3.63) is 76.1 Å². The molecule has 0 atom stereocenters. The topological polar surface area (TPSA) is 62.6 Å². The lowest BCUT2D eigenvalue weighted by molar-refractivity contribution is 0.0931. The van der Waals surface area contributed by atoms with E-state index in [9.17, 15) is 9.59 Å². The van der Waals surface area contributed by atoms with Gasteiger partial charge in [-0.25, -0.2) is 0 Å². The normalized spacial score (nSPS) is 10.1. The van der Waals surface area contributed by atoms with Crippen LogP contribution in [0.15, 0.2) is 63.8 Å². The van der Waals surface area contributed by atoms with Gasteiger partial charge >= 0.3 is 0 Å². The van der Waals surface area contributed by atoms with Crippen LogP contribution in [0.1, 0.15) is 16.1 Å². The first-order valence-electron chi connectivity index (χ1n) is 8.12. The predicted octanol–water partition coefficient (Wildman–Crippen LogP) is 2.64. The molecule has 3 aromatic rings. The number of hydrogen-bond donors (Lipinski definition) is 1. The molecule has 0 saturated heterocycles. The minimum Gasteiger partial charge on any atom is -0.451 e. The van der Waals surface area contributed by atoms with Crippen molar-refractivity contribution in [3.8, 4) is 11.8 Å². The summed E-state index contributed by atoms with van der Waals surface area (Å²) in [6.45, 7) is 0.158. The summed E-state index contributed by atoms with van der Waals surface area (Å²) in [7, 11) is 3.95. The summed E-state index contributed by atoms with van der Waals surface area (Å²) in [6, 6.07) is 15.8. The lowest BCUT2D eigenvalue weighted by atomic mass is 10.2. The molecule has 5 nitrogen and oxygen atoms in total. The van der Waals surface area contributed by atoms with Gasteiger partial charge in [0.15, 0.2) is 11.2 Å².